The average molecular weight is 282 g/mol. The van der Waals surface area contributed by atoms with Gasteiger partial charge in [0.05, 0.1) is 0 Å². The van der Waals surface area contributed by atoms with E-state index >= 15 is 0 Å². The molecule has 4 N–H and O–H groups in total. The molecule has 0 unspecified atom stereocenters. The summed E-state index contributed by atoms with van der Waals surface area (Å²) in [6, 6.07) is 8.34. The molecule has 2 aromatic rings. The lowest BCUT2D eigenvalue weighted by atomic mass is 9.73. The molecule has 21 heavy (non-hydrogen) atoms. The first-order chi connectivity index (χ1) is 9.67. The highest BCUT2D eigenvalue weighted by Gasteiger charge is 2.28. The van der Waals surface area contributed by atoms with Crippen LogP contribution in [0, 0.1) is 27.7 Å². The highest BCUT2D eigenvalue weighted by Crippen LogP contribution is 2.38. The Morgan fingerprint density at radius 3 is 1.29 bits per heavy atom. The van der Waals surface area contributed by atoms with Crippen molar-refractivity contribution in [2.45, 2.75) is 47.0 Å². The fourth-order valence-electron chi connectivity index (χ4n) is 3.18. The van der Waals surface area contributed by atoms with Crippen molar-refractivity contribution >= 4 is 11.4 Å². The third kappa shape index (κ3) is 2.39. The van der Waals surface area contributed by atoms with E-state index in [0.29, 0.717) is 0 Å². The summed E-state index contributed by atoms with van der Waals surface area (Å²) in [5, 5.41) is 0. The second-order valence-corrected chi connectivity index (χ2v) is 6.53. The Kier molecular flexibility index (Phi) is 3.75. The molecule has 0 aliphatic rings. The van der Waals surface area contributed by atoms with E-state index in [0.717, 1.165) is 11.4 Å². The Bertz CT molecular complexity index is 638. The fraction of sp³-hybridized carbons (Fsp3) is 0.368. The predicted molar refractivity (Wildman–Crippen MR) is 92.8 cm³/mol. The lowest BCUT2D eigenvalue weighted by Gasteiger charge is -2.31. The number of hydrogen-bond donors (Lipinski definition) is 2. The van der Waals surface area contributed by atoms with Crippen molar-refractivity contribution < 1.29 is 0 Å². The quantitative estimate of drug-likeness (QED) is 0.802. The van der Waals surface area contributed by atoms with Crippen LogP contribution >= 0.6 is 0 Å². The van der Waals surface area contributed by atoms with Gasteiger partial charge in [-0.15, -0.1) is 0 Å². The first-order valence-electron chi connectivity index (χ1n) is 7.40. The minimum absolute atomic E-state index is 0.0783. The summed E-state index contributed by atoms with van der Waals surface area (Å²) in [6.07, 6.45) is 0. The molecule has 0 aliphatic heterocycles. The number of nitrogens with two attached hydrogens (primary N) is 2. The van der Waals surface area contributed by atoms with Crippen LogP contribution in [-0.2, 0) is 5.41 Å². The monoisotopic (exact) mass is 282 g/mol. The first kappa shape index (κ1) is 15.4. The van der Waals surface area contributed by atoms with Gasteiger partial charge in [-0.05, 0) is 73.2 Å². The number of anilines is 2. The van der Waals surface area contributed by atoms with Gasteiger partial charge in [-0.25, -0.2) is 0 Å². The van der Waals surface area contributed by atoms with Crippen molar-refractivity contribution in [3.63, 3.8) is 0 Å². The molecule has 2 nitrogen and oxygen atoms in total. The Labute approximate surface area is 128 Å². The summed E-state index contributed by atoms with van der Waals surface area (Å²) in [5.41, 5.74) is 21.2. The second-order valence-electron chi connectivity index (χ2n) is 6.53. The van der Waals surface area contributed by atoms with E-state index in [-0.39, 0.29) is 5.41 Å². The van der Waals surface area contributed by atoms with Gasteiger partial charge >= 0.3 is 0 Å². The van der Waals surface area contributed by atoms with Gasteiger partial charge in [-0.2, -0.15) is 0 Å². The molecule has 0 amide bonds. The van der Waals surface area contributed by atoms with Crippen molar-refractivity contribution in [2.24, 2.45) is 0 Å². The van der Waals surface area contributed by atoms with Gasteiger partial charge in [-0.1, -0.05) is 26.0 Å². The van der Waals surface area contributed by atoms with Gasteiger partial charge in [0, 0.05) is 16.8 Å². The van der Waals surface area contributed by atoms with Crippen LogP contribution in [0.5, 0.6) is 0 Å². The largest absolute Gasteiger partial charge is 0.399 e. The smallest absolute Gasteiger partial charge is 0.0346 e. The zero-order valence-electron chi connectivity index (χ0n) is 14.0. The van der Waals surface area contributed by atoms with Crippen molar-refractivity contribution in [3.05, 3.63) is 57.6 Å². The van der Waals surface area contributed by atoms with Crippen molar-refractivity contribution in [2.75, 3.05) is 11.5 Å². The normalized spacial score (nSPS) is 11.7. The highest BCUT2D eigenvalue weighted by molar-refractivity contribution is 5.59. The van der Waals surface area contributed by atoms with E-state index in [1.165, 1.54) is 33.4 Å². The molecule has 0 aliphatic carbocycles. The number of rotatable bonds is 2. The number of hydrogen-bond acceptors (Lipinski definition) is 2. The molecule has 0 fully saturated rings. The summed E-state index contributed by atoms with van der Waals surface area (Å²) in [6.45, 7) is 13.0. The Hall–Kier alpha value is -1.96. The van der Waals surface area contributed by atoms with E-state index in [9.17, 15) is 0 Å². The molecular weight excluding hydrogens is 256 g/mol. The van der Waals surface area contributed by atoms with Gasteiger partial charge in [0.25, 0.3) is 0 Å². The lowest BCUT2D eigenvalue weighted by molar-refractivity contribution is 0.630. The molecule has 0 saturated heterocycles. The lowest BCUT2D eigenvalue weighted by Crippen LogP contribution is -2.23. The minimum Gasteiger partial charge on any atom is -0.399 e. The predicted octanol–water partition coefficient (Wildman–Crippen LogP) is 4.41. The summed E-state index contributed by atoms with van der Waals surface area (Å²) >= 11 is 0. The van der Waals surface area contributed by atoms with Crippen LogP contribution in [0.4, 0.5) is 11.4 Å². The molecule has 0 spiro atoms. The Balaban J connectivity index is 2.68. The molecule has 0 radical (unpaired) electrons. The average Bonchev–Trinajstić information content (AvgIpc) is 2.41. The van der Waals surface area contributed by atoms with Crippen LogP contribution in [0.15, 0.2) is 24.3 Å². The SMILES string of the molecule is Cc1c(N)ccc(C(C)(C)c2ccc(N)c(C)c2C)c1C. The van der Waals surface area contributed by atoms with Gasteiger partial charge in [0.2, 0.25) is 0 Å². The van der Waals surface area contributed by atoms with Crippen molar-refractivity contribution in [1.29, 1.82) is 0 Å². The van der Waals surface area contributed by atoms with Crippen molar-refractivity contribution in [3.8, 4) is 0 Å². The molecule has 0 bridgehead atoms. The third-order valence-electron chi connectivity index (χ3n) is 5.00. The van der Waals surface area contributed by atoms with Gasteiger partial charge in [0.15, 0.2) is 0 Å². The van der Waals surface area contributed by atoms with Crippen LogP contribution in [-0.4, -0.2) is 0 Å². The fourth-order valence-corrected chi connectivity index (χ4v) is 3.18. The number of nitrogen functional groups attached to an aromatic ring is 2. The Morgan fingerprint density at radius 2 is 0.952 bits per heavy atom. The van der Waals surface area contributed by atoms with E-state index in [1.54, 1.807) is 0 Å². The molecule has 2 aromatic carbocycles. The van der Waals surface area contributed by atoms with E-state index in [4.69, 9.17) is 11.5 Å². The Morgan fingerprint density at radius 1 is 0.619 bits per heavy atom. The molecule has 2 heteroatoms. The second kappa shape index (κ2) is 5.10. The first-order valence-corrected chi connectivity index (χ1v) is 7.40. The van der Waals surface area contributed by atoms with Crippen LogP contribution in [0.25, 0.3) is 0 Å². The van der Waals surface area contributed by atoms with Crippen LogP contribution < -0.4 is 11.5 Å². The maximum absolute atomic E-state index is 6.03. The van der Waals surface area contributed by atoms with Crippen LogP contribution in [0.1, 0.15) is 47.2 Å². The van der Waals surface area contributed by atoms with Crippen LogP contribution in [0.3, 0.4) is 0 Å². The molecular formula is C19H26N2. The zero-order valence-corrected chi connectivity index (χ0v) is 14.0. The molecule has 112 valence electrons. The molecule has 0 heterocycles. The molecule has 0 atom stereocenters. The number of benzene rings is 2. The summed E-state index contributed by atoms with van der Waals surface area (Å²) in [7, 11) is 0. The molecule has 2 rings (SSSR count). The van der Waals surface area contributed by atoms with Gasteiger partial charge in [-0.3, -0.25) is 0 Å². The summed E-state index contributed by atoms with van der Waals surface area (Å²) in [4.78, 5) is 0. The van der Waals surface area contributed by atoms with Gasteiger partial charge < -0.3 is 11.5 Å². The topological polar surface area (TPSA) is 52.0 Å². The van der Waals surface area contributed by atoms with E-state index in [1.807, 2.05) is 12.1 Å². The maximum atomic E-state index is 6.03. The zero-order chi connectivity index (χ0) is 15.9. The minimum atomic E-state index is -0.0783. The molecule has 0 saturated carbocycles. The van der Waals surface area contributed by atoms with Crippen LogP contribution in [0.2, 0.25) is 0 Å². The highest BCUT2D eigenvalue weighted by atomic mass is 14.6. The standard InChI is InChI=1S/C19H26N2/c1-11-13(3)17(20)9-7-15(11)19(5,6)16-8-10-18(21)14(4)12(16)2/h7-10H,20-21H2,1-6H3. The maximum Gasteiger partial charge on any atom is 0.0346 e. The molecule has 0 aromatic heterocycles. The third-order valence-corrected chi connectivity index (χ3v) is 5.00. The van der Waals surface area contributed by atoms with Gasteiger partial charge in [0.1, 0.15) is 0 Å². The van der Waals surface area contributed by atoms with Crippen molar-refractivity contribution in [1.82, 2.24) is 0 Å². The summed E-state index contributed by atoms with van der Waals surface area (Å²) in [5.74, 6) is 0. The van der Waals surface area contributed by atoms with E-state index in [2.05, 4.69) is 53.7 Å². The summed E-state index contributed by atoms with van der Waals surface area (Å²) < 4.78 is 0. The van der Waals surface area contributed by atoms with E-state index < -0.39 is 0 Å².